The maximum Gasteiger partial charge on any atom is 0.272 e. The summed E-state index contributed by atoms with van der Waals surface area (Å²) in [7, 11) is 0. The lowest BCUT2D eigenvalue weighted by molar-refractivity contribution is 0.486. The molecule has 4 aromatic rings. The zero-order valence-corrected chi connectivity index (χ0v) is 14.4. The summed E-state index contributed by atoms with van der Waals surface area (Å²) in [4.78, 5) is 17.3. The average Bonchev–Trinajstić information content (AvgIpc) is 2.69. The van der Waals surface area contributed by atoms with Crippen LogP contribution in [0, 0.1) is 0 Å². The van der Waals surface area contributed by atoms with Crippen LogP contribution in [-0.4, -0.2) is 15.2 Å². The Morgan fingerprint density at radius 1 is 1.04 bits per heavy atom. The van der Waals surface area contributed by atoms with Crippen molar-refractivity contribution >= 4 is 22.5 Å². The van der Waals surface area contributed by atoms with Crippen LogP contribution in [0.3, 0.4) is 0 Å². The van der Waals surface area contributed by atoms with Gasteiger partial charge in [-0.2, -0.15) is 5.10 Å². The number of H-pyrrole nitrogens is 1. The number of rotatable bonds is 3. The van der Waals surface area contributed by atoms with Crippen LogP contribution in [0.15, 0.2) is 70.6 Å². The van der Waals surface area contributed by atoms with Crippen LogP contribution in [-0.2, 0) is 5.75 Å². The number of hydrogen-bond acceptors (Lipinski definition) is 5. The van der Waals surface area contributed by atoms with Crippen molar-refractivity contribution < 1.29 is 4.74 Å². The maximum atomic E-state index is 12.1. The number of ether oxygens (including phenoxy) is 1. The van der Waals surface area contributed by atoms with Crippen LogP contribution in [0.2, 0.25) is 0 Å². The monoisotopic (exact) mass is 359 g/mol. The quantitative estimate of drug-likeness (QED) is 0.484. The van der Waals surface area contributed by atoms with Gasteiger partial charge in [0.05, 0.1) is 10.8 Å². The van der Waals surface area contributed by atoms with Crippen molar-refractivity contribution in [1.29, 1.82) is 0 Å². The number of fused-ring (bicyclic) bond motifs is 2. The lowest BCUT2D eigenvalue weighted by Gasteiger charge is -2.20. The molecule has 0 unspecified atom stereocenters. The van der Waals surface area contributed by atoms with Crippen LogP contribution < -0.4 is 10.3 Å². The molecule has 0 atom stereocenters. The molecule has 1 N–H and O–H groups in total. The largest absolute Gasteiger partial charge is 0.456 e. The fourth-order valence-electron chi connectivity index (χ4n) is 3.13. The first-order valence-corrected chi connectivity index (χ1v) is 9.13. The summed E-state index contributed by atoms with van der Waals surface area (Å²) in [6.45, 7) is 0. The topological polar surface area (TPSA) is 67.9 Å². The van der Waals surface area contributed by atoms with Gasteiger partial charge in [-0.1, -0.05) is 12.1 Å². The van der Waals surface area contributed by atoms with Gasteiger partial charge in [0.1, 0.15) is 17.2 Å². The highest BCUT2D eigenvalue weighted by Gasteiger charge is 2.22. The van der Waals surface area contributed by atoms with E-state index in [1.54, 1.807) is 30.2 Å². The number of hydrogen-bond donors (Lipinski definition) is 1. The molecule has 5 rings (SSSR count). The Morgan fingerprint density at radius 3 is 2.81 bits per heavy atom. The van der Waals surface area contributed by atoms with Gasteiger partial charge in [-0.3, -0.25) is 9.78 Å². The van der Waals surface area contributed by atoms with Crippen molar-refractivity contribution in [3.05, 3.63) is 76.8 Å². The number of nitrogens with zero attached hydrogens (tertiary/aromatic N) is 2. The number of pyridine rings is 1. The maximum absolute atomic E-state index is 12.1. The molecule has 3 heterocycles. The first-order chi connectivity index (χ1) is 12.8. The summed E-state index contributed by atoms with van der Waals surface area (Å²) in [6.07, 6.45) is 3.59. The summed E-state index contributed by atoms with van der Waals surface area (Å²) in [5.74, 6) is 2.25. The molecule has 0 spiro atoms. The minimum atomic E-state index is -0.206. The Hall–Kier alpha value is -3.12. The van der Waals surface area contributed by atoms with E-state index in [9.17, 15) is 4.79 Å². The zero-order chi connectivity index (χ0) is 17.5. The Kier molecular flexibility index (Phi) is 3.50. The second-order valence-electron chi connectivity index (χ2n) is 5.98. The lowest BCUT2D eigenvalue weighted by Crippen LogP contribution is -2.12. The van der Waals surface area contributed by atoms with E-state index in [0.29, 0.717) is 11.1 Å². The molecule has 26 heavy (non-hydrogen) atoms. The van der Waals surface area contributed by atoms with Crippen molar-refractivity contribution in [2.24, 2.45) is 0 Å². The van der Waals surface area contributed by atoms with Crippen molar-refractivity contribution in [3.63, 3.8) is 0 Å². The van der Waals surface area contributed by atoms with Crippen LogP contribution in [0.25, 0.3) is 22.0 Å². The molecule has 0 saturated carbocycles. The van der Waals surface area contributed by atoms with Gasteiger partial charge in [0.15, 0.2) is 0 Å². The fraction of sp³-hybridized carbons (Fsp3) is 0.0500. The third-order valence-electron chi connectivity index (χ3n) is 4.35. The molecular weight excluding hydrogens is 346 g/mol. The van der Waals surface area contributed by atoms with Crippen molar-refractivity contribution in [2.75, 3.05) is 0 Å². The minimum absolute atomic E-state index is 0.206. The number of aromatic nitrogens is 3. The molecule has 2 aromatic carbocycles. The summed E-state index contributed by atoms with van der Waals surface area (Å²) < 4.78 is 6.01. The first-order valence-electron chi connectivity index (χ1n) is 8.15. The summed E-state index contributed by atoms with van der Waals surface area (Å²) in [5, 5.41) is 8.26. The van der Waals surface area contributed by atoms with Gasteiger partial charge in [-0.05, 0) is 42.0 Å². The SMILES string of the molecule is O=c1[nH]nc2c3c(cccc13)Oc1ccc(CSc3ccncc3)cc1-2. The smallest absolute Gasteiger partial charge is 0.272 e. The van der Waals surface area contributed by atoms with Crippen LogP contribution in [0.1, 0.15) is 5.56 Å². The highest BCUT2D eigenvalue weighted by Crippen LogP contribution is 2.44. The number of benzene rings is 2. The Labute approximate surface area is 153 Å². The van der Waals surface area contributed by atoms with Crippen LogP contribution >= 0.6 is 11.8 Å². The number of thioether (sulfide) groups is 1. The summed E-state index contributed by atoms with van der Waals surface area (Å²) in [5.41, 5.74) is 2.61. The molecule has 0 amide bonds. The second kappa shape index (κ2) is 6.00. The molecule has 1 aliphatic heterocycles. The summed E-state index contributed by atoms with van der Waals surface area (Å²) >= 11 is 1.75. The molecule has 0 aliphatic carbocycles. The van der Waals surface area contributed by atoms with Gasteiger partial charge >= 0.3 is 0 Å². The molecule has 5 nitrogen and oxygen atoms in total. The van der Waals surface area contributed by atoms with Gasteiger partial charge < -0.3 is 4.74 Å². The van der Waals surface area contributed by atoms with E-state index in [4.69, 9.17) is 4.74 Å². The summed E-state index contributed by atoms with van der Waals surface area (Å²) in [6, 6.07) is 15.6. The Balaban J connectivity index is 1.58. The van der Waals surface area contributed by atoms with Gasteiger partial charge in [0.25, 0.3) is 5.56 Å². The highest BCUT2D eigenvalue weighted by molar-refractivity contribution is 7.98. The van der Waals surface area contributed by atoms with E-state index in [0.717, 1.165) is 33.7 Å². The minimum Gasteiger partial charge on any atom is -0.456 e. The third-order valence-corrected chi connectivity index (χ3v) is 5.43. The van der Waals surface area contributed by atoms with Gasteiger partial charge in [0.2, 0.25) is 0 Å². The number of nitrogens with one attached hydrogen (secondary N) is 1. The fourth-order valence-corrected chi connectivity index (χ4v) is 3.95. The van der Waals surface area contributed by atoms with E-state index < -0.39 is 0 Å². The van der Waals surface area contributed by atoms with E-state index in [1.165, 1.54) is 4.90 Å². The lowest BCUT2D eigenvalue weighted by atomic mass is 9.99. The highest BCUT2D eigenvalue weighted by atomic mass is 32.2. The molecule has 0 saturated heterocycles. The van der Waals surface area contributed by atoms with Gasteiger partial charge in [-0.15, -0.1) is 11.8 Å². The predicted molar refractivity (Wildman–Crippen MR) is 102 cm³/mol. The van der Waals surface area contributed by atoms with Crippen molar-refractivity contribution in [2.45, 2.75) is 10.6 Å². The molecule has 2 aromatic heterocycles. The van der Waals surface area contributed by atoms with E-state index in [2.05, 4.69) is 27.3 Å². The van der Waals surface area contributed by atoms with Crippen molar-refractivity contribution in [3.8, 4) is 22.8 Å². The Bertz CT molecular complexity index is 1190. The second-order valence-corrected chi connectivity index (χ2v) is 7.03. The normalized spacial score (nSPS) is 11.8. The molecule has 126 valence electrons. The predicted octanol–water partition coefficient (Wildman–Crippen LogP) is 4.38. The molecule has 0 radical (unpaired) electrons. The van der Waals surface area contributed by atoms with Gasteiger partial charge in [-0.25, -0.2) is 5.10 Å². The molecule has 1 aliphatic rings. The van der Waals surface area contributed by atoms with Gasteiger partial charge in [0, 0.05) is 28.6 Å². The average molecular weight is 359 g/mol. The van der Waals surface area contributed by atoms with Crippen LogP contribution in [0.4, 0.5) is 0 Å². The third kappa shape index (κ3) is 2.46. The molecule has 0 fully saturated rings. The van der Waals surface area contributed by atoms with E-state index in [1.807, 2.05) is 30.3 Å². The zero-order valence-electron chi connectivity index (χ0n) is 13.6. The molecule has 6 heteroatoms. The Morgan fingerprint density at radius 2 is 1.92 bits per heavy atom. The first kappa shape index (κ1) is 15.2. The number of aromatic amines is 1. The van der Waals surface area contributed by atoms with Crippen LogP contribution in [0.5, 0.6) is 11.5 Å². The standard InChI is InChI=1S/C20H13N3O2S/c24-20-14-2-1-3-17-18(14)19(22-23-20)15-10-12(4-5-16(15)25-17)11-26-13-6-8-21-9-7-13/h1-10H,11H2,(H,23,24). The van der Waals surface area contributed by atoms with E-state index in [-0.39, 0.29) is 5.56 Å². The van der Waals surface area contributed by atoms with Crippen molar-refractivity contribution in [1.82, 2.24) is 15.2 Å². The van der Waals surface area contributed by atoms with E-state index >= 15 is 0 Å². The molecular formula is C20H13N3O2S. The molecule has 0 bridgehead atoms.